The lowest BCUT2D eigenvalue weighted by Crippen LogP contribution is -2.27. The van der Waals surface area contributed by atoms with E-state index < -0.39 is 0 Å². The summed E-state index contributed by atoms with van der Waals surface area (Å²) in [7, 11) is 1.62. The van der Waals surface area contributed by atoms with Crippen molar-refractivity contribution in [1.82, 2.24) is 20.4 Å². The molecule has 132 valence electrons. The van der Waals surface area contributed by atoms with Gasteiger partial charge in [-0.1, -0.05) is 16.8 Å². The molecular weight excluding hydrogens is 320 g/mol. The van der Waals surface area contributed by atoms with Gasteiger partial charge >= 0.3 is 0 Å². The van der Waals surface area contributed by atoms with Gasteiger partial charge in [0.1, 0.15) is 11.7 Å². The smallest absolute Gasteiger partial charge is 0.268 e. The van der Waals surface area contributed by atoms with Gasteiger partial charge in [-0.3, -0.25) is 4.79 Å². The topological polar surface area (TPSA) is 93.0 Å². The zero-order valence-electron chi connectivity index (χ0n) is 14.8. The number of nitrogens with one attached hydrogen (secondary N) is 2. The van der Waals surface area contributed by atoms with Gasteiger partial charge in [-0.2, -0.15) is 4.98 Å². The summed E-state index contributed by atoms with van der Waals surface area (Å²) < 4.78 is 10.2. The number of methoxy groups -OCH3 is 1. The van der Waals surface area contributed by atoms with Crippen molar-refractivity contribution in [3.05, 3.63) is 46.7 Å². The first-order valence-corrected chi connectivity index (χ1v) is 8.20. The highest BCUT2D eigenvalue weighted by Crippen LogP contribution is 2.23. The van der Waals surface area contributed by atoms with Gasteiger partial charge in [-0.25, -0.2) is 0 Å². The van der Waals surface area contributed by atoms with E-state index >= 15 is 0 Å². The van der Waals surface area contributed by atoms with Crippen molar-refractivity contribution in [2.75, 3.05) is 13.7 Å². The number of carbonyl (C=O) groups is 1. The Morgan fingerprint density at radius 1 is 1.40 bits per heavy atom. The van der Waals surface area contributed by atoms with E-state index in [1.807, 2.05) is 32.9 Å². The van der Waals surface area contributed by atoms with Crippen LogP contribution in [-0.4, -0.2) is 34.7 Å². The zero-order chi connectivity index (χ0) is 18.0. The van der Waals surface area contributed by atoms with Crippen LogP contribution in [0.5, 0.6) is 0 Å². The molecule has 0 radical (unpaired) electrons. The van der Waals surface area contributed by atoms with Crippen LogP contribution in [0, 0.1) is 13.8 Å². The van der Waals surface area contributed by atoms with Crippen LogP contribution in [0.2, 0.25) is 0 Å². The number of aromatic amines is 1. The van der Waals surface area contributed by atoms with Gasteiger partial charge in [0.25, 0.3) is 5.91 Å². The third-order valence-electron chi connectivity index (χ3n) is 4.17. The summed E-state index contributed by atoms with van der Waals surface area (Å²) in [5, 5.41) is 7.85. The van der Waals surface area contributed by atoms with Gasteiger partial charge in [-0.15, -0.1) is 0 Å². The Hall–Kier alpha value is -2.67. The number of hydrogen-bond acceptors (Lipinski definition) is 5. The van der Waals surface area contributed by atoms with Crippen LogP contribution in [0.25, 0.3) is 10.9 Å². The second kappa shape index (κ2) is 7.06. The first kappa shape index (κ1) is 17.2. The number of nitrogens with zero attached hydrogens (tertiary/aromatic N) is 2. The van der Waals surface area contributed by atoms with E-state index in [9.17, 15) is 4.79 Å². The number of carbonyl (C=O) groups excluding carboxylic acids is 1. The van der Waals surface area contributed by atoms with Gasteiger partial charge in [0.05, 0.1) is 6.61 Å². The standard InChI is InChI=1S/C18H22N4O3/c1-10-5-6-14-13(9-10)11(2)16(20-14)17(23)19-12(3)18-21-15(22-25-18)7-8-24-4/h5-6,9,12,20H,7-8H2,1-4H3,(H,19,23). The van der Waals surface area contributed by atoms with Gasteiger partial charge in [0.2, 0.25) is 5.89 Å². The number of rotatable bonds is 6. The van der Waals surface area contributed by atoms with Gasteiger partial charge in [0.15, 0.2) is 5.82 Å². The maximum Gasteiger partial charge on any atom is 0.268 e. The fraction of sp³-hybridized carbons (Fsp3) is 0.389. The lowest BCUT2D eigenvalue weighted by Gasteiger charge is -2.09. The van der Waals surface area contributed by atoms with Gasteiger partial charge in [-0.05, 0) is 38.5 Å². The third kappa shape index (κ3) is 3.56. The van der Waals surface area contributed by atoms with Crippen molar-refractivity contribution in [2.24, 2.45) is 0 Å². The molecular formula is C18H22N4O3. The Morgan fingerprint density at radius 3 is 2.96 bits per heavy atom. The molecule has 1 atom stereocenters. The highest BCUT2D eigenvalue weighted by molar-refractivity contribution is 6.01. The second-order valence-electron chi connectivity index (χ2n) is 6.16. The number of amides is 1. The molecule has 0 aliphatic rings. The average molecular weight is 342 g/mol. The number of aryl methyl sites for hydroxylation is 2. The number of fused-ring (bicyclic) bond motifs is 1. The molecule has 0 aliphatic heterocycles. The quantitative estimate of drug-likeness (QED) is 0.718. The fourth-order valence-corrected chi connectivity index (χ4v) is 2.74. The SMILES string of the molecule is COCCc1noc(C(C)NC(=O)c2[nH]c3ccc(C)cc3c2C)n1. The third-order valence-corrected chi connectivity index (χ3v) is 4.17. The van der Waals surface area contributed by atoms with E-state index in [4.69, 9.17) is 9.26 Å². The molecule has 2 N–H and O–H groups in total. The molecule has 25 heavy (non-hydrogen) atoms. The summed E-state index contributed by atoms with van der Waals surface area (Å²) >= 11 is 0. The number of benzene rings is 1. The van der Waals surface area contributed by atoms with Gasteiger partial charge in [0, 0.05) is 24.4 Å². The van der Waals surface area contributed by atoms with Crippen molar-refractivity contribution in [3.63, 3.8) is 0 Å². The summed E-state index contributed by atoms with van der Waals surface area (Å²) in [6.45, 7) is 6.30. The minimum absolute atomic E-state index is 0.199. The zero-order valence-corrected chi connectivity index (χ0v) is 14.8. The van der Waals surface area contributed by atoms with Crippen molar-refractivity contribution in [3.8, 4) is 0 Å². The molecule has 3 rings (SSSR count). The lowest BCUT2D eigenvalue weighted by atomic mass is 10.1. The van der Waals surface area contributed by atoms with Crippen LogP contribution in [0.15, 0.2) is 22.7 Å². The van der Waals surface area contributed by atoms with Gasteiger partial charge < -0.3 is 19.6 Å². The van der Waals surface area contributed by atoms with Crippen molar-refractivity contribution in [1.29, 1.82) is 0 Å². The van der Waals surface area contributed by atoms with Crippen LogP contribution in [0.4, 0.5) is 0 Å². The first-order valence-electron chi connectivity index (χ1n) is 8.20. The lowest BCUT2D eigenvalue weighted by molar-refractivity contribution is 0.0927. The molecule has 1 aromatic carbocycles. The summed E-state index contributed by atoms with van der Waals surface area (Å²) in [6, 6.07) is 5.69. The molecule has 0 spiro atoms. The molecule has 0 aliphatic carbocycles. The fourth-order valence-electron chi connectivity index (χ4n) is 2.74. The Labute approximate surface area is 145 Å². The molecule has 2 aromatic heterocycles. The molecule has 0 fully saturated rings. The normalized spacial score (nSPS) is 12.5. The van der Waals surface area contributed by atoms with E-state index in [2.05, 4.69) is 26.5 Å². The molecule has 7 nitrogen and oxygen atoms in total. The van der Waals surface area contributed by atoms with Crippen molar-refractivity contribution < 1.29 is 14.1 Å². The van der Waals surface area contributed by atoms with Crippen LogP contribution >= 0.6 is 0 Å². The van der Waals surface area contributed by atoms with Crippen molar-refractivity contribution in [2.45, 2.75) is 33.2 Å². The summed E-state index contributed by atoms with van der Waals surface area (Å²) in [5.74, 6) is 0.745. The Kier molecular flexibility index (Phi) is 4.85. The molecule has 7 heteroatoms. The minimum Gasteiger partial charge on any atom is -0.384 e. The molecule has 1 amide bonds. The monoisotopic (exact) mass is 342 g/mol. The number of hydrogen-bond donors (Lipinski definition) is 2. The van der Waals surface area contributed by atoms with Crippen LogP contribution in [0.3, 0.4) is 0 Å². The van der Waals surface area contributed by atoms with E-state index in [1.165, 1.54) is 0 Å². The maximum atomic E-state index is 12.6. The van der Waals surface area contributed by atoms with Crippen LogP contribution in [-0.2, 0) is 11.2 Å². The highest BCUT2D eigenvalue weighted by atomic mass is 16.5. The van der Waals surface area contributed by atoms with Crippen LogP contribution in [0.1, 0.15) is 46.3 Å². The molecule has 0 saturated carbocycles. The van der Waals surface area contributed by atoms with Crippen molar-refractivity contribution >= 4 is 16.8 Å². The Morgan fingerprint density at radius 2 is 2.20 bits per heavy atom. The molecule has 0 saturated heterocycles. The molecule has 1 unspecified atom stereocenters. The number of aromatic nitrogens is 3. The maximum absolute atomic E-state index is 12.6. The highest BCUT2D eigenvalue weighted by Gasteiger charge is 2.20. The first-order chi connectivity index (χ1) is 12.0. The van der Waals surface area contributed by atoms with E-state index in [-0.39, 0.29) is 11.9 Å². The minimum atomic E-state index is -0.385. The predicted molar refractivity (Wildman–Crippen MR) is 93.5 cm³/mol. The molecule has 0 bridgehead atoms. The summed E-state index contributed by atoms with van der Waals surface area (Å²) in [5.41, 5.74) is 3.58. The van der Waals surface area contributed by atoms with E-state index in [0.29, 0.717) is 30.4 Å². The van der Waals surface area contributed by atoms with E-state index in [0.717, 1.165) is 22.0 Å². The number of ether oxygens (including phenoxy) is 1. The molecule has 2 heterocycles. The number of H-pyrrole nitrogens is 1. The van der Waals surface area contributed by atoms with E-state index in [1.54, 1.807) is 7.11 Å². The molecule has 3 aromatic rings. The Balaban J connectivity index is 1.75. The largest absolute Gasteiger partial charge is 0.384 e. The second-order valence-corrected chi connectivity index (χ2v) is 6.16. The summed E-state index contributed by atoms with van der Waals surface area (Å²) in [6.07, 6.45) is 0.571. The van der Waals surface area contributed by atoms with Crippen LogP contribution < -0.4 is 5.32 Å². The Bertz CT molecular complexity index is 897. The predicted octanol–water partition coefficient (Wildman–Crippen LogP) is 2.85. The summed E-state index contributed by atoms with van der Waals surface area (Å²) in [4.78, 5) is 20.1. The average Bonchev–Trinajstić information content (AvgIpc) is 3.18.